The van der Waals surface area contributed by atoms with E-state index in [0.717, 1.165) is 5.56 Å². The van der Waals surface area contributed by atoms with Gasteiger partial charge in [-0.2, -0.15) is 9.37 Å². The minimum absolute atomic E-state index is 0.0305. The van der Waals surface area contributed by atoms with E-state index < -0.39 is 5.95 Å². The SMILES string of the molecule is COc1c(OCc2ccccc2)cc(N(C)CCO)nc1F. The summed E-state index contributed by atoms with van der Waals surface area (Å²) >= 11 is 0. The molecule has 2 rings (SSSR count). The summed E-state index contributed by atoms with van der Waals surface area (Å²) in [5.41, 5.74) is 0.965. The normalized spacial score (nSPS) is 10.4. The first-order chi connectivity index (χ1) is 10.7. The number of aromatic nitrogens is 1. The van der Waals surface area contributed by atoms with Crippen LogP contribution in [0.25, 0.3) is 0 Å². The van der Waals surface area contributed by atoms with Crippen LogP contribution in [0, 0.1) is 5.95 Å². The third-order valence-electron chi connectivity index (χ3n) is 3.15. The first-order valence-electron chi connectivity index (χ1n) is 6.89. The van der Waals surface area contributed by atoms with Crippen molar-refractivity contribution in [2.75, 3.05) is 32.2 Å². The lowest BCUT2D eigenvalue weighted by Crippen LogP contribution is -2.22. The van der Waals surface area contributed by atoms with Crippen molar-refractivity contribution in [2.24, 2.45) is 0 Å². The summed E-state index contributed by atoms with van der Waals surface area (Å²) in [5, 5.41) is 8.97. The minimum Gasteiger partial charge on any atom is -0.489 e. The van der Waals surface area contributed by atoms with Crippen LogP contribution in [0.2, 0.25) is 0 Å². The predicted octanol–water partition coefficient (Wildman–Crippen LogP) is 2.24. The third kappa shape index (κ3) is 3.85. The van der Waals surface area contributed by atoms with Gasteiger partial charge in [-0.1, -0.05) is 30.3 Å². The smallest absolute Gasteiger partial charge is 0.261 e. The molecule has 0 unspecified atom stereocenters. The van der Waals surface area contributed by atoms with Crippen molar-refractivity contribution in [3.63, 3.8) is 0 Å². The molecule has 0 amide bonds. The second-order valence-electron chi connectivity index (χ2n) is 4.72. The number of anilines is 1. The fraction of sp³-hybridized carbons (Fsp3) is 0.312. The minimum atomic E-state index is -0.743. The zero-order chi connectivity index (χ0) is 15.9. The van der Waals surface area contributed by atoms with E-state index in [9.17, 15) is 4.39 Å². The second kappa shape index (κ2) is 7.61. The Kier molecular flexibility index (Phi) is 5.55. The molecule has 5 nitrogen and oxygen atoms in total. The van der Waals surface area contributed by atoms with Crippen molar-refractivity contribution in [3.8, 4) is 11.5 Å². The number of hydrogen-bond acceptors (Lipinski definition) is 5. The van der Waals surface area contributed by atoms with Crippen LogP contribution in [-0.2, 0) is 6.61 Å². The van der Waals surface area contributed by atoms with E-state index in [-0.39, 0.29) is 18.1 Å². The van der Waals surface area contributed by atoms with Crippen LogP contribution in [0.15, 0.2) is 36.4 Å². The monoisotopic (exact) mass is 306 g/mol. The summed E-state index contributed by atoms with van der Waals surface area (Å²) in [7, 11) is 3.08. The molecule has 118 valence electrons. The molecule has 0 spiro atoms. The molecule has 1 N–H and O–H groups in total. The fourth-order valence-electron chi connectivity index (χ4n) is 1.96. The summed E-state index contributed by atoms with van der Waals surface area (Å²) in [6.07, 6.45) is 0. The number of aliphatic hydroxyl groups is 1. The first-order valence-corrected chi connectivity index (χ1v) is 6.89. The van der Waals surface area contributed by atoms with Crippen LogP contribution in [0.4, 0.5) is 10.2 Å². The third-order valence-corrected chi connectivity index (χ3v) is 3.15. The van der Waals surface area contributed by atoms with Gasteiger partial charge < -0.3 is 19.5 Å². The molecular weight excluding hydrogens is 287 g/mol. The molecule has 0 saturated heterocycles. The van der Waals surface area contributed by atoms with Crippen LogP contribution in [0.3, 0.4) is 0 Å². The van der Waals surface area contributed by atoms with Gasteiger partial charge in [0, 0.05) is 19.7 Å². The molecule has 22 heavy (non-hydrogen) atoms. The van der Waals surface area contributed by atoms with Crippen molar-refractivity contribution in [1.29, 1.82) is 0 Å². The lowest BCUT2D eigenvalue weighted by molar-refractivity contribution is 0.275. The van der Waals surface area contributed by atoms with E-state index >= 15 is 0 Å². The molecule has 0 aliphatic heterocycles. The molecule has 6 heteroatoms. The number of methoxy groups -OCH3 is 1. The maximum absolute atomic E-state index is 14.0. The number of aliphatic hydroxyl groups excluding tert-OH is 1. The van der Waals surface area contributed by atoms with Crippen LogP contribution < -0.4 is 14.4 Å². The number of rotatable bonds is 7. The second-order valence-corrected chi connectivity index (χ2v) is 4.72. The Hall–Kier alpha value is -2.34. The summed E-state index contributed by atoms with van der Waals surface area (Å²) < 4.78 is 24.7. The van der Waals surface area contributed by atoms with Crippen LogP contribution >= 0.6 is 0 Å². The van der Waals surface area contributed by atoms with Crippen molar-refractivity contribution in [3.05, 3.63) is 47.9 Å². The van der Waals surface area contributed by atoms with Gasteiger partial charge in [-0.3, -0.25) is 0 Å². The molecular formula is C16H19FN2O3. The zero-order valence-electron chi connectivity index (χ0n) is 12.6. The molecule has 1 aromatic carbocycles. The Morgan fingerprint density at radius 3 is 2.64 bits per heavy atom. The average molecular weight is 306 g/mol. The largest absolute Gasteiger partial charge is 0.489 e. The van der Waals surface area contributed by atoms with E-state index in [0.29, 0.717) is 19.0 Å². The number of nitrogens with zero attached hydrogens (tertiary/aromatic N) is 2. The van der Waals surface area contributed by atoms with Gasteiger partial charge in [0.1, 0.15) is 12.4 Å². The Morgan fingerprint density at radius 2 is 2.00 bits per heavy atom. The fourth-order valence-corrected chi connectivity index (χ4v) is 1.96. The van der Waals surface area contributed by atoms with E-state index in [1.165, 1.54) is 7.11 Å². The number of halogens is 1. The van der Waals surface area contributed by atoms with Gasteiger partial charge in [0.25, 0.3) is 5.95 Å². The number of pyridine rings is 1. The van der Waals surface area contributed by atoms with E-state index in [2.05, 4.69) is 4.98 Å². The predicted molar refractivity (Wildman–Crippen MR) is 81.9 cm³/mol. The summed E-state index contributed by atoms with van der Waals surface area (Å²) in [6.45, 7) is 0.590. The molecule has 0 aliphatic rings. The first kappa shape index (κ1) is 16.0. The van der Waals surface area contributed by atoms with E-state index in [1.807, 2.05) is 30.3 Å². The number of ether oxygens (including phenoxy) is 2. The van der Waals surface area contributed by atoms with Gasteiger partial charge >= 0.3 is 0 Å². The van der Waals surface area contributed by atoms with Crippen molar-refractivity contribution < 1.29 is 19.0 Å². The highest BCUT2D eigenvalue weighted by molar-refractivity contribution is 5.50. The van der Waals surface area contributed by atoms with Gasteiger partial charge in [-0.05, 0) is 5.56 Å². The van der Waals surface area contributed by atoms with Crippen LogP contribution in [0.5, 0.6) is 11.5 Å². The molecule has 2 aromatic rings. The van der Waals surface area contributed by atoms with E-state index in [4.69, 9.17) is 14.6 Å². The Bertz CT molecular complexity index is 608. The lowest BCUT2D eigenvalue weighted by atomic mass is 10.2. The maximum Gasteiger partial charge on any atom is 0.261 e. The molecule has 0 saturated carbocycles. The standard InChI is InChI=1S/C16H19FN2O3/c1-19(8-9-20)14-10-13(15(21-2)16(17)18-14)22-11-12-6-4-3-5-7-12/h3-7,10,20H,8-9,11H2,1-2H3. The summed E-state index contributed by atoms with van der Waals surface area (Å²) in [4.78, 5) is 5.46. The van der Waals surface area contributed by atoms with Gasteiger partial charge in [0.2, 0.25) is 5.75 Å². The quantitative estimate of drug-likeness (QED) is 0.795. The Labute approximate surface area is 128 Å². The molecule has 0 fully saturated rings. The van der Waals surface area contributed by atoms with E-state index in [1.54, 1.807) is 18.0 Å². The average Bonchev–Trinajstić information content (AvgIpc) is 2.53. The summed E-state index contributed by atoms with van der Waals surface area (Å²) in [6, 6.07) is 11.2. The highest BCUT2D eigenvalue weighted by Gasteiger charge is 2.16. The summed E-state index contributed by atoms with van der Waals surface area (Å²) in [5.74, 6) is -0.126. The number of likely N-dealkylation sites (N-methyl/N-ethyl adjacent to an activating group) is 1. The van der Waals surface area contributed by atoms with Crippen LogP contribution in [0.1, 0.15) is 5.56 Å². The van der Waals surface area contributed by atoms with Crippen LogP contribution in [-0.4, -0.2) is 37.4 Å². The molecule has 1 aromatic heterocycles. The Balaban J connectivity index is 2.23. The number of hydrogen-bond donors (Lipinski definition) is 1. The number of benzene rings is 1. The van der Waals surface area contributed by atoms with Crippen molar-refractivity contribution >= 4 is 5.82 Å². The van der Waals surface area contributed by atoms with Crippen molar-refractivity contribution in [2.45, 2.75) is 6.61 Å². The molecule has 0 atom stereocenters. The lowest BCUT2D eigenvalue weighted by Gasteiger charge is -2.19. The molecule has 1 heterocycles. The van der Waals surface area contributed by atoms with Gasteiger partial charge in [-0.15, -0.1) is 0 Å². The molecule has 0 aliphatic carbocycles. The molecule has 0 radical (unpaired) electrons. The highest BCUT2D eigenvalue weighted by Crippen LogP contribution is 2.33. The van der Waals surface area contributed by atoms with Gasteiger partial charge in [0.05, 0.1) is 13.7 Å². The van der Waals surface area contributed by atoms with Gasteiger partial charge in [0.15, 0.2) is 5.75 Å². The van der Waals surface area contributed by atoms with Crippen molar-refractivity contribution in [1.82, 2.24) is 4.98 Å². The van der Waals surface area contributed by atoms with Gasteiger partial charge in [-0.25, -0.2) is 0 Å². The zero-order valence-corrected chi connectivity index (χ0v) is 12.6. The highest BCUT2D eigenvalue weighted by atomic mass is 19.1. The topological polar surface area (TPSA) is 54.8 Å². The molecule has 0 bridgehead atoms. The maximum atomic E-state index is 14.0. The Morgan fingerprint density at radius 1 is 1.27 bits per heavy atom.